The van der Waals surface area contributed by atoms with E-state index in [1.165, 1.54) is 18.2 Å². The van der Waals surface area contributed by atoms with Crippen LogP contribution >= 0.6 is 11.8 Å². The van der Waals surface area contributed by atoms with Gasteiger partial charge in [0.2, 0.25) is 0 Å². The Balaban J connectivity index is 2.26. The molecule has 0 bridgehead atoms. The van der Waals surface area contributed by atoms with Crippen molar-refractivity contribution < 1.29 is 14.8 Å². The Morgan fingerprint density at radius 2 is 1.92 bits per heavy atom. The first-order chi connectivity index (χ1) is 11.4. The molecule has 2 atom stereocenters. The molecule has 0 fully saturated rings. The third-order valence-corrected chi connectivity index (χ3v) is 4.69. The zero-order chi connectivity index (χ0) is 17.7. The van der Waals surface area contributed by atoms with Crippen molar-refractivity contribution in [3.05, 3.63) is 69.8 Å². The first-order valence-electron chi connectivity index (χ1n) is 7.05. The third-order valence-electron chi connectivity index (χ3n) is 3.44. The summed E-state index contributed by atoms with van der Waals surface area (Å²) in [7, 11) is 0. The normalized spacial score (nSPS) is 12.8. The van der Waals surface area contributed by atoms with Crippen molar-refractivity contribution in [2.75, 3.05) is 0 Å². The molecule has 0 aliphatic heterocycles. The number of carboxylic acid groups (broad SMARTS) is 1. The summed E-state index contributed by atoms with van der Waals surface area (Å²) in [6.07, 6.45) is 0. The molecule has 0 saturated carbocycles. The lowest BCUT2D eigenvalue weighted by Gasteiger charge is -2.13. The van der Waals surface area contributed by atoms with E-state index in [1.54, 1.807) is 37.3 Å². The molecule has 2 unspecified atom stereocenters. The summed E-state index contributed by atoms with van der Waals surface area (Å²) in [5, 5.41) is 28.3. The SMILES string of the molecule is CC(C#N)c1ccc(SC(C(=O)O)c2cccc([N+](=O)[O-])c2)cc1. The number of nitrogens with zero attached hydrogens (tertiary/aromatic N) is 2. The number of nitro groups is 1. The van der Waals surface area contributed by atoms with Crippen LogP contribution in [0.1, 0.15) is 29.2 Å². The van der Waals surface area contributed by atoms with Gasteiger partial charge in [-0.05, 0) is 30.2 Å². The van der Waals surface area contributed by atoms with Crippen LogP contribution in [0.4, 0.5) is 5.69 Å². The second kappa shape index (κ2) is 7.62. The van der Waals surface area contributed by atoms with E-state index in [-0.39, 0.29) is 11.6 Å². The first kappa shape index (κ1) is 17.5. The summed E-state index contributed by atoms with van der Waals surface area (Å²) in [4.78, 5) is 22.6. The Labute approximate surface area is 142 Å². The van der Waals surface area contributed by atoms with E-state index in [2.05, 4.69) is 6.07 Å². The number of nitro benzene ring substituents is 1. The Hall–Kier alpha value is -2.85. The molecule has 2 rings (SSSR count). The van der Waals surface area contributed by atoms with E-state index in [0.717, 1.165) is 17.3 Å². The van der Waals surface area contributed by atoms with Crippen molar-refractivity contribution in [3.8, 4) is 6.07 Å². The minimum absolute atomic E-state index is 0.141. The van der Waals surface area contributed by atoms with Gasteiger partial charge in [-0.25, -0.2) is 0 Å². The average molecular weight is 342 g/mol. The van der Waals surface area contributed by atoms with Crippen LogP contribution in [0.2, 0.25) is 0 Å². The highest BCUT2D eigenvalue weighted by atomic mass is 32.2. The van der Waals surface area contributed by atoms with E-state index in [0.29, 0.717) is 10.5 Å². The standard InChI is InChI=1S/C17H14N2O4S/c1-11(10-18)12-5-7-15(8-6-12)24-16(17(20)21)13-3-2-4-14(9-13)19(22)23/h2-9,11,16H,1H3,(H,20,21). The summed E-state index contributed by atoms with van der Waals surface area (Å²) in [5.41, 5.74) is 1.07. The number of carboxylic acids is 1. The minimum Gasteiger partial charge on any atom is -0.480 e. The lowest BCUT2D eigenvalue weighted by atomic mass is 10.0. The van der Waals surface area contributed by atoms with E-state index in [4.69, 9.17) is 5.26 Å². The largest absolute Gasteiger partial charge is 0.480 e. The molecular formula is C17H14N2O4S. The van der Waals surface area contributed by atoms with Crippen molar-refractivity contribution >= 4 is 23.4 Å². The van der Waals surface area contributed by atoms with Crippen LogP contribution < -0.4 is 0 Å². The molecule has 6 nitrogen and oxygen atoms in total. The maximum absolute atomic E-state index is 11.6. The van der Waals surface area contributed by atoms with Gasteiger partial charge in [0.15, 0.2) is 0 Å². The number of rotatable bonds is 6. The summed E-state index contributed by atoms with van der Waals surface area (Å²) in [5.74, 6) is -1.31. The molecule has 0 aromatic heterocycles. The van der Waals surface area contributed by atoms with Crippen LogP contribution in [-0.2, 0) is 4.79 Å². The van der Waals surface area contributed by atoms with Gasteiger partial charge in [0.1, 0.15) is 5.25 Å². The van der Waals surface area contributed by atoms with Gasteiger partial charge in [-0.15, -0.1) is 11.8 Å². The van der Waals surface area contributed by atoms with E-state index in [1.807, 2.05) is 0 Å². The molecule has 24 heavy (non-hydrogen) atoms. The number of benzene rings is 2. The number of hydrogen-bond donors (Lipinski definition) is 1. The molecule has 2 aromatic rings. The van der Waals surface area contributed by atoms with Gasteiger partial charge < -0.3 is 5.11 Å². The van der Waals surface area contributed by atoms with Crippen LogP contribution in [0, 0.1) is 21.4 Å². The Morgan fingerprint density at radius 1 is 1.25 bits per heavy atom. The fourth-order valence-corrected chi connectivity index (χ4v) is 3.06. The van der Waals surface area contributed by atoms with Crippen LogP contribution in [0.15, 0.2) is 53.4 Å². The highest BCUT2D eigenvalue weighted by Crippen LogP contribution is 2.37. The summed E-state index contributed by atoms with van der Waals surface area (Å²) in [6.45, 7) is 1.78. The summed E-state index contributed by atoms with van der Waals surface area (Å²) < 4.78 is 0. The molecule has 0 amide bonds. The van der Waals surface area contributed by atoms with Crippen molar-refractivity contribution in [1.29, 1.82) is 5.26 Å². The Morgan fingerprint density at radius 3 is 2.46 bits per heavy atom. The van der Waals surface area contributed by atoms with Gasteiger partial charge in [0.25, 0.3) is 5.69 Å². The van der Waals surface area contributed by atoms with Crippen LogP contribution in [0.5, 0.6) is 0 Å². The fourth-order valence-electron chi connectivity index (χ4n) is 2.11. The van der Waals surface area contributed by atoms with E-state index < -0.39 is 16.1 Å². The summed E-state index contributed by atoms with van der Waals surface area (Å²) in [6, 6.07) is 14.8. The first-order valence-corrected chi connectivity index (χ1v) is 7.93. The van der Waals surface area contributed by atoms with Gasteiger partial charge >= 0.3 is 5.97 Å². The lowest BCUT2D eigenvalue weighted by molar-refractivity contribution is -0.384. The predicted octanol–water partition coefficient (Wildman–Crippen LogP) is 4.14. The molecular weight excluding hydrogens is 328 g/mol. The van der Waals surface area contributed by atoms with E-state index in [9.17, 15) is 20.0 Å². The highest BCUT2D eigenvalue weighted by Gasteiger charge is 2.23. The number of hydrogen-bond acceptors (Lipinski definition) is 5. The van der Waals surface area contributed by atoms with Crippen molar-refractivity contribution in [2.24, 2.45) is 0 Å². The number of non-ortho nitro benzene ring substituents is 1. The topological polar surface area (TPSA) is 104 Å². The minimum atomic E-state index is -1.07. The van der Waals surface area contributed by atoms with Crippen LogP contribution in [-0.4, -0.2) is 16.0 Å². The monoisotopic (exact) mass is 342 g/mol. The molecule has 0 aliphatic rings. The van der Waals surface area contributed by atoms with Gasteiger partial charge in [-0.2, -0.15) is 5.26 Å². The molecule has 0 heterocycles. The Kier molecular flexibility index (Phi) is 5.55. The average Bonchev–Trinajstić information content (AvgIpc) is 2.59. The second-order valence-corrected chi connectivity index (χ2v) is 6.29. The molecule has 0 aliphatic carbocycles. The molecule has 7 heteroatoms. The summed E-state index contributed by atoms with van der Waals surface area (Å²) >= 11 is 1.09. The van der Waals surface area contributed by atoms with Crippen LogP contribution in [0.25, 0.3) is 0 Å². The predicted molar refractivity (Wildman–Crippen MR) is 89.8 cm³/mol. The van der Waals surface area contributed by atoms with E-state index >= 15 is 0 Å². The zero-order valence-electron chi connectivity index (χ0n) is 12.7. The van der Waals surface area contributed by atoms with Gasteiger partial charge in [-0.1, -0.05) is 24.3 Å². The van der Waals surface area contributed by atoms with Gasteiger partial charge in [0.05, 0.1) is 16.9 Å². The van der Waals surface area contributed by atoms with Crippen molar-refractivity contribution in [3.63, 3.8) is 0 Å². The number of thioether (sulfide) groups is 1. The Bertz CT molecular complexity index is 799. The highest BCUT2D eigenvalue weighted by molar-refractivity contribution is 8.00. The molecule has 0 radical (unpaired) electrons. The number of aliphatic carboxylic acids is 1. The lowest BCUT2D eigenvalue weighted by Crippen LogP contribution is -2.08. The second-order valence-electron chi connectivity index (χ2n) is 5.11. The van der Waals surface area contributed by atoms with Crippen molar-refractivity contribution in [1.82, 2.24) is 0 Å². The quantitative estimate of drug-likeness (QED) is 0.480. The maximum Gasteiger partial charge on any atom is 0.321 e. The molecule has 0 saturated heterocycles. The molecule has 0 spiro atoms. The number of nitriles is 1. The number of carbonyl (C=O) groups is 1. The smallest absolute Gasteiger partial charge is 0.321 e. The molecule has 122 valence electrons. The van der Waals surface area contributed by atoms with Gasteiger partial charge in [0, 0.05) is 17.0 Å². The zero-order valence-corrected chi connectivity index (χ0v) is 13.6. The molecule has 1 N–H and O–H groups in total. The van der Waals surface area contributed by atoms with Crippen molar-refractivity contribution in [2.45, 2.75) is 23.0 Å². The van der Waals surface area contributed by atoms with Crippen LogP contribution in [0.3, 0.4) is 0 Å². The molecule has 2 aromatic carbocycles. The third kappa shape index (κ3) is 4.12. The van der Waals surface area contributed by atoms with Gasteiger partial charge in [-0.3, -0.25) is 14.9 Å². The maximum atomic E-state index is 11.6. The fraction of sp³-hybridized carbons (Fsp3) is 0.176.